The molecule has 0 amide bonds. The molecule has 3 aromatic rings. The zero-order chi connectivity index (χ0) is 26.2. The van der Waals surface area contributed by atoms with Gasteiger partial charge in [0.25, 0.3) is 0 Å². The van der Waals surface area contributed by atoms with E-state index in [0.29, 0.717) is 40.0 Å². The van der Waals surface area contributed by atoms with Crippen LogP contribution in [0.1, 0.15) is 41.7 Å². The minimum absolute atomic E-state index is 0.335. The Kier molecular flexibility index (Phi) is 9.12. The Hall–Kier alpha value is -3.80. The van der Waals surface area contributed by atoms with E-state index in [1.54, 1.807) is 24.3 Å². The lowest BCUT2D eigenvalue weighted by atomic mass is 9.92. The number of ether oxygens (including phenoxy) is 4. The van der Waals surface area contributed by atoms with Crippen LogP contribution in [0.4, 0.5) is 8.78 Å². The van der Waals surface area contributed by atoms with Crippen LogP contribution in [0, 0.1) is 17.6 Å². The van der Waals surface area contributed by atoms with Gasteiger partial charge in [0, 0.05) is 23.3 Å². The van der Waals surface area contributed by atoms with Gasteiger partial charge in [0.1, 0.15) is 11.6 Å². The fourth-order valence-electron chi connectivity index (χ4n) is 3.93. The van der Waals surface area contributed by atoms with E-state index in [2.05, 4.69) is 13.8 Å². The zero-order valence-electron chi connectivity index (χ0n) is 21.5. The highest BCUT2D eigenvalue weighted by Crippen LogP contribution is 2.33. The van der Waals surface area contributed by atoms with Crippen molar-refractivity contribution in [1.82, 2.24) is 0 Å². The number of benzene rings is 3. The van der Waals surface area contributed by atoms with Crippen molar-refractivity contribution in [1.29, 1.82) is 0 Å². The monoisotopic (exact) mass is 494 g/mol. The first-order valence-corrected chi connectivity index (χ1v) is 11.6. The Balaban J connectivity index is 2.02. The van der Waals surface area contributed by atoms with Crippen LogP contribution >= 0.6 is 0 Å². The number of halogens is 2. The standard InChI is InChI=1S/C30H32F2O4/c1-19(2)14-24-20(10-12-22-15-27(33-3)29(35-5)17-25(22)31)8-7-9-21(24)11-13-23-16-28(34-4)30(36-6)18-26(23)32/h7-13,15-19H,14H2,1-6H3/b12-10+,13-11+. The van der Waals surface area contributed by atoms with Gasteiger partial charge in [0.15, 0.2) is 23.0 Å². The minimum atomic E-state index is -0.408. The Bertz CT molecular complexity index is 1170. The van der Waals surface area contributed by atoms with Gasteiger partial charge in [-0.1, -0.05) is 56.4 Å². The average molecular weight is 495 g/mol. The van der Waals surface area contributed by atoms with Crippen molar-refractivity contribution in [2.24, 2.45) is 5.92 Å². The zero-order valence-corrected chi connectivity index (χ0v) is 21.5. The molecule has 0 saturated carbocycles. The van der Waals surface area contributed by atoms with Crippen LogP contribution in [0.15, 0.2) is 42.5 Å². The molecule has 3 aromatic carbocycles. The number of hydrogen-bond donors (Lipinski definition) is 0. The van der Waals surface area contributed by atoms with Gasteiger partial charge in [-0.3, -0.25) is 0 Å². The summed E-state index contributed by atoms with van der Waals surface area (Å²) in [6.45, 7) is 4.27. The van der Waals surface area contributed by atoms with E-state index >= 15 is 0 Å². The number of methoxy groups -OCH3 is 4. The quantitative estimate of drug-likeness (QED) is 0.273. The average Bonchev–Trinajstić information content (AvgIpc) is 2.87. The lowest BCUT2D eigenvalue weighted by molar-refractivity contribution is 0.352. The molecule has 0 aromatic heterocycles. The molecule has 0 unspecified atom stereocenters. The van der Waals surface area contributed by atoms with Crippen LogP contribution in [0.2, 0.25) is 0 Å². The molecule has 0 heterocycles. The molecule has 0 aliphatic rings. The molecule has 190 valence electrons. The molecule has 0 aliphatic carbocycles. The van der Waals surface area contributed by atoms with Crippen molar-refractivity contribution in [2.45, 2.75) is 20.3 Å². The van der Waals surface area contributed by atoms with Crippen LogP contribution in [0.5, 0.6) is 23.0 Å². The maximum Gasteiger partial charge on any atom is 0.163 e. The second-order valence-corrected chi connectivity index (χ2v) is 8.64. The van der Waals surface area contributed by atoms with Gasteiger partial charge < -0.3 is 18.9 Å². The normalized spacial score (nSPS) is 11.5. The van der Waals surface area contributed by atoms with Gasteiger partial charge in [-0.25, -0.2) is 8.78 Å². The third-order valence-corrected chi connectivity index (χ3v) is 5.75. The predicted molar refractivity (Wildman–Crippen MR) is 142 cm³/mol. The molecular formula is C30H32F2O4. The molecule has 0 saturated heterocycles. The molecule has 4 nitrogen and oxygen atoms in total. The fraction of sp³-hybridized carbons (Fsp3) is 0.267. The van der Waals surface area contributed by atoms with Crippen molar-refractivity contribution in [3.8, 4) is 23.0 Å². The van der Waals surface area contributed by atoms with E-state index in [9.17, 15) is 8.78 Å². The summed E-state index contributed by atoms with van der Waals surface area (Å²) in [5.74, 6) is 1.14. The summed E-state index contributed by atoms with van der Waals surface area (Å²) in [5, 5.41) is 0. The minimum Gasteiger partial charge on any atom is -0.493 e. The summed E-state index contributed by atoms with van der Waals surface area (Å²) in [6, 6.07) is 11.7. The highest BCUT2D eigenvalue weighted by molar-refractivity contribution is 5.78. The first kappa shape index (κ1) is 26.8. The van der Waals surface area contributed by atoms with Crippen molar-refractivity contribution in [2.75, 3.05) is 28.4 Å². The molecule has 3 rings (SSSR count). The second-order valence-electron chi connectivity index (χ2n) is 8.64. The third-order valence-electron chi connectivity index (χ3n) is 5.75. The Labute approximate surface area is 211 Å². The Morgan fingerprint density at radius 2 is 0.972 bits per heavy atom. The maximum atomic E-state index is 14.7. The number of rotatable bonds is 10. The van der Waals surface area contributed by atoms with Crippen molar-refractivity contribution in [3.63, 3.8) is 0 Å². The molecule has 0 aliphatic heterocycles. The topological polar surface area (TPSA) is 36.9 Å². The van der Waals surface area contributed by atoms with Crippen molar-refractivity contribution >= 4 is 24.3 Å². The predicted octanol–water partition coefficient (Wildman–Crippen LogP) is 7.54. The van der Waals surface area contributed by atoms with E-state index in [1.807, 2.05) is 30.4 Å². The largest absolute Gasteiger partial charge is 0.493 e. The van der Waals surface area contributed by atoms with Crippen LogP contribution in [-0.4, -0.2) is 28.4 Å². The second kappa shape index (κ2) is 12.2. The summed E-state index contributed by atoms with van der Waals surface area (Å²) < 4.78 is 50.3. The molecule has 0 N–H and O–H groups in total. The first-order valence-electron chi connectivity index (χ1n) is 11.6. The Morgan fingerprint density at radius 3 is 1.33 bits per heavy atom. The van der Waals surface area contributed by atoms with Gasteiger partial charge in [0.2, 0.25) is 0 Å². The van der Waals surface area contributed by atoms with E-state index in [0.717, 1.165) is 23.1 Å². The van der Waals surface area contributed by atoms with E-state index in [-0.39, 0.29) is 0 Å². The lowest BCUT2D eigenvalue weighted by Crippen LogP contribution is -2.00. The molecule has 36 heavy (non-hydrogen) atoms. The van der Waals surface area contributed by atoms with Gasteiger partial charge in [-0.05, 0) is 41.2 Å². The fourth-order valence-corrected chi connectivity index (χ4v) is 3.93. The van der Waals surface area contributed by atoms with Gasteiger partial charge in [0.05, 0.1) is 28.4 Å². The maximum absolute atomic E-state index is 14.7. The summed E-state index contributed by atoms with van der Waals surface area (Å²) in [7, 11) is 5.97. The smallest absolute Gasteiger partial charge is 0.163 e. The molecule has 0 bridgehead atoms. The molecule has 0 spiro atoms. The molecule has 6 heteroatoms. The van der Waals surface area contributed by atoms with E-state index < -0.39 is 11.6 Å². The Morgan fingerprint density at radius 1 is 0.611 bits per heavy atom. The van der Waals surface area contributed by atoms with Crippen LogP contribution in [0.25, 0.3) is 24.3 Å². The van der Waals surface area contributed by atoms with Gasteiger partial charge >= 0.3 is 0 Å². The van der Waals surface area contributed by atoms with Gasteiger partial charge in [-0.15, -0.1) is 0 Å². The summed E-state index contributed by atoms with van der Waals surface area (Å²) in [4.78, 5) is 0. The molecule has 0 radical (unpaired) electrons. The van der Waals surface area contributed by atoms with Gasteiger partial charge in [-0.2, -0.15) is 0 Å². The number of hydrogen-bond acceptors (Lipinski definition) is 4. The van der Waals surface area contributed by atoms with E-state index in [4.69, 9.17) is 18.9 Å². The summed E-state index contributed by atoms with van der Waals surface area (Å²) in [6.07, 6.45) is 8.01. The highest BCUT2D eigenvalue weighted by atomic mass is 19.1. The van der Waals surface area contributed by atoms with E-state index in [1.165, 1.54) is 40.6 Å². The summed E-state index contributed by atoms with van der Waals surface area (Å²) >= 11 is 0. The van der Waals surface area contributed by atoms with Crippen molar-refractivity contribution in [3.05, 3.63) is 81.9 Å². The third kappa shape index (κ3) is 6.25. The molecule has 0 atom stereocenters. The van der Waals surface area contributed by atoms with Crippen LogP contribution < -0.4 is 18.9 Å². The summed E-state index contributed by atoms with van der Waals surface area (Å²) in [5.41, 5.74) is 3.76. The first-order chi connectivity index (χ1) is 17.3. The van der Waals surface area contributed by atoms with Crippen LogP contribution in [-0.2, 0) is 6.42 Å². The van der Waals surface area contributed by atoms with Crippen molar-refractivity contribution < 1.29 is 27.7 Å². The molecular weight excluding hydrogens is 462 g/mol. The highest BCUT2D eigenvalue weighted by Gasteiger charge is 2.12. The molecule has 0 fully saturated rings. The lowest BCUT2D eigenvalue weighted by Gasteiger charge is -2.14. The van der Waals surface area contributed by atoms with Crippen LogP contribution in [0.3, 0.4) is 0 Å². The SMILES string of the molecule is COc1cc(F)c(/C=C/c2cccc(/C=C/c3cc(OC)c(OC)cc3F)c2CC(C)C)cc1OC.